The summed E-state index contributed by atoms with van der Waals surface area (Å²) < 4.78 is 2.28. The van der Waals surface area contributed by atoms with Gasteiger partial charge in [-0.3, -0.25) is 4.79 Å². The molecule has 0 atom stereocenters. The standard InChI is InChI=1S/C21H29N3O/c25-21(14-17-6-2-1-3-7-17)23-12-10-18(11-13-23)15-24-16-22-19-8-4-5-9-20(19)24/h4-5,8-9,16-18H,1-3,6-7,10-15H2. The summed E-state index contributed by atoms with van der Waals surface area (Å²) in [5, 5.41) is 0. The van der Waals surface area contributed by atoms with Gasteiger partial charge in [0.05, 0.1) is 17.4 Å². The van der Waals surface area contributed by atoms with Gasteiger partial charge in [0.1, 0.15) is 0 Å². The van der Waals surface area contributed by atoms with Crippen LogP contribution in [-0.2, 0) is 11.3 Å². The monoisotopic (exact) mass is 339 g/mol. The lowest BCUT2D eigenvalue weighted by Gasteiger charge is -2.33. The second kappa shape index (κ2) is 7.59. The van der Waals surface area contributed by atoms with Crippen molar-refractivity contribution in [2.45, 2.75) is 57.9 Å². The minimum atomic E-state index is 0.401. The van der Waals surface area contributed by atoms with Crippen molar-refractivity contribution in [3.63, 3.8) is 0 Å². The lowest BCUT2D eigenvalue weighted by Crippen LogP contribution is -2.40. The zero-order valence-electron chi connectivity index (χ0n) is 15.1. The molecule has 1 aliphatic carbocycles. The molecule has 0 bridgehead atoms. The molecular weight excluding hydrogens is 310 g/mol. The van der Waals surface area contributed by atoms with Gasteiger partial charge in [0, 0.05) is 26.1 Å². The van der Waals surface area contributed by atoms with Crippen molar-refractivity contribution in [1.29, 1.82) is 0 Å². The molecule has 0 unspecified atom stereocenters. The molecule has 0 spiro atoms. The van der Waals surface area contributed by atoms with Crippen LogP contribution in [0.2, 0.25) is 0 Å². The van der Waals surface area contributed by atoms with Gasteiger partial charge in [-0.15, -0.1) is 0 Å². The zero-order chi connectivity index (χ0) is 17.1. The van der Waals surface area contributed by atoms with Crippen molar-refractivity contribution in [2.24, 2.45) is 11.8 Å². The average molecular weight is 339 g/mol. The first-order chi connectivity index (χ1) is 12.3. The number of amides is 1. The summed E-state index contributed by atoms with van der Waals surface area (Å²) in [4.78, 5) is 19.2. The van der Waals surface area contributed by atoms with Crippen LogP contribution < -0.4 is 0 Å². The van der Waals surface area contributed by atoms with Gasteiger partial charge in [-0.25, -0.2) is 4.98 Å². The topological polar surface area (TPSA) is 38.1 Å². The number of likely N-dealkylation sites (tertiary alicyclic amines) is 1. The molecule has 2 aliphatic rings. The summed E-state index contributed by atoms with van der Waals surface area (Å²) in [7, 11) is 0. The Balaban J connectivity index is 1.28. The quantitative estimate of drug-likeness (QED) is 0.835. The van der Waals surface area contributed by atoms with Crippen LogP contribution >= 0.6 is 0 Å². The Bertz CT molecular complexity index is 709. The first-order valence-electron chi connectivity index (χ1n) is 9.97. The van der Waals surface area contributed by atoms with Gasteiger partial charge in [0.15, 0.2) is 0 Å². The third-order valence-electron chi connectivity index (χ3n) is 6.14. The summed E-state index contributed by atoms with van der Waals surface area (Å²) >= 11 is 0. The number of hydrogen-bond donors (Lipinski definition) is 0. The molecule has 2 fully saturated rings. The molecule has 0 N–H and O–H groups in total. The highest BCUT2D eigenvalue weighted by atomic mass is 16.2. The normalized spacial score (nSPS) is 20.2. The molecular formula is C21H29N3O. The number of nitrogens with zero attached hydrogens (tertiary/aromatic N) is 3. The van der Waals surface area contributed by atoms with Crippen LogP contribution in [0.25, 0.3) is 11.0 Å². The number of fused-ring (bicyclic) bond motifs is 1. The molecule has 1 saturated heterocycles. The largest absolute Gasteiger partial charge is 0.343 e. The number of piperidine rings is 1. The van der Waals surface area contributed by atoms with Crippen molar-refractivity contribution in [3.8, 4) is 0 Å². The highest BCUT2D eigenvalue weighted by molar-refractivity contribution is 5.76. The molecule has 134 valence electrons. The van der Waals surface area contributed by atoms with Crippen molar-refractivity contribution in [3.05, 3.63) is 30.6 Å². The molecule has 2 heterocycles. The fourth-order valence-corrected chi connectivity index (χ4v) is 4.57. The third kappa shape index (κ3) is 3.88. The number of aromatic nitrogens is 2. The summed E-state index contributed by atoms with van der Waals surface area (Å²) in [6.45, 7) is 2.89. The number of imidazole rings is 1. The lowest BCUT2D eigenvalue weighted by atomic mass is 9.86. The van der Waals surface area contributed by atoms with E-state index in [0.717, 1.165) is 44.4 Å². The maximum Gasteiger partial charge on any atom is 0.222 e. The van der Waals surface area contributed by atoms with E-state index in [9.17, 15) is 4.79 Å². The van der Waals surface area contributed by atoms with E-state index in [4.69, 9.17) is 0 Å². The van der Waals surface area contributed by atoms with Gasteiger partial charge < -0.3 is 9.47 Å². The van der Waals surface area contributed by atoms with E-state index in [1.54, 1.807) is 0 Å². The Hall–Kier alpha value is -1.84. The fraction of sp³-hybridized carbons (Fsp3) is 0.619. The van der Waals surface area contributed by atoms with Crippen LogP contribution in [0, 0.1) is 11.8 Å². The first kappa shape index (κ1) is 16.6. The number of carbonyl (C=O) groups excluding carboxylic acids is 1. The molecule has 1 aromatic carbocycles. The van der Waals surface area contributed by atoms with E-state index in [1.807, 2.05) is 12.4 Å². The van der Waals surface area contributed by atoms with Crippen LogP contribution in [-0.4, -0.2) is 33.4 Å². The van der Waals surface area contributed by atoms with Gasteiger partial charge in [-0.05, 0) is 49.7 Å². The minimum Gasteiger partial charge on any atom is -0.343 e. The van der Waals surface area contributed by atoms with Gasteiger partial charge in [0.25, 0.3) is 0 Å². The highest BCUT2D eigenvalue weighted by Gasteiger charge is 2.25. The summed E-state index contributed by atoms with van der Waals surface area (Å²) in [5.41, 5.74) is 2.29. The Morgan fingerprint density at radius 2 is 1.76 bits per heavy atom. The summed E-state index contributed by atoms with van der Waals surface area (Å²) in [5.74, 6) is 1.70. The first-order valence-corrected chi connectivity index (χ1v) is 9.97. The highest BCUT2D eigenvalue weighted by Crippen LogP contribution is 2.28. The van der Waals surface area contributed by atoms with E-state index < -0.39 is 0 Å². The van der Waals surface area contributed by atoms with E-state index in [2.05, 4.69) is 32.7 Å². The third-order valence-corrected chi connectivity index (χ3v) is 6.14. The average Bonchev–Trinajstić information content (AvgIpc) is 3.06. The SMILES string of the molecule is O=C(CC1CCCCC1)N1CCC(Cn2cnc3ccccc32)CC1. The predicted molar refractivity (Wildman–Crippen MR) is 100 cm³/mol. The number of benzene rings is 1. The fourth-order valence-electron chi connectivity index (χ4n) is 4.57. The molecule has 1 aromatic heterocycles. The van der Waals surface area contributed by atoms with Crippen LogP contribution in [0.1, 0.15) is 51.4 Å². The number of para-hydroxylation sites is 2. The molecule has 4 nitrogen and oxygen atoms in total. The zero-order valence-corrected chi connectivity index (χ0v) is 15.1. The number of carbonyl (C=O) groups is 1. The predicted octanol–water partition coefficient (Wildman–Crippen LogP) is 4.25. The Morgan fingerprint density at radius 1 is 1.00 bits per heavy atom. The molecule has 1 saturated carbocycles. The van der Waals surface area contributed by atoms with Crippen molar-refractivity contribution in [1.82, 2.24) is 14.5 Å². The van der Waals surface area contributed by atoms with Gasteiger partial charge in [0.2, 0.25) is 5.91 Å². The van der Waals surface area contributed by atoms with Gasteiger partial charge >= 0.3 is 0 Å². The molecule has 4 heteroatoms. The maximum atomic E-state index is 12.6. The molecule has 2 aromatic rings. The van der Waals surface area contributed by atoms with Crippen molar-refractivity contribution in [2.75, 3.05) is 13.1 Å². The molecule has 1 aliphatic heterocycles. The van der Waals surface area contributed by atoms with E-state index in [0.29, 0.717) is 17.7 Å². The number of hydrogen-bond acceptors (Lipinski definition) is 2. The molecule has 1 amide bonds. The summed E-state index contributed by atoms with van der Waals surface area (Å²) in [6, 6.07) is 8.33. The van der Waals surface area contributed by atoms with Gasteiger partial charge in [-0.2, -0.15) is 0 Å². The Labute approximate surface area is 150 Å². The number of rotatable bonds is 4. The lowest BCUT2D eigenvalue weighted by molar-refractivity contribution is -0.133. The smallest absolute Gasteiger partial charge is 0.222 e. The maximum absolute atomic E-state index is 12.6. The summed E-state index contributed by atoms with van der Waals surface area (Å²) in [6.07, 6.45) is 11.5. The second-order valence-corrected chi connectivity index (χ2v) is 7.92. The van der Waals surface area contributed by atoms with E-state index in [-0.39, 0.29) is 0 Å². The van der Waals surface area contributed by atoms with Crippen LogP contribution in [0.3, 0.4) is 0 Å². The molecule has 4 rings (SSSR count). The van der Waals surface area contributed by atoms with Crippen molar-refractivity contribution < 1.29 is 4.79 Å². The van der Waals surface area contributed by atoms with Crippen LogP contribution in [0.4, 0.5) is 0 Å². The molecule has 0 radical (unpaired) electrons. The molecule has 25 heavy (non-hydrogen) atoms. The van der Waals surface area contributed by atoms with Gasteiger partial charge in [-0.1, -0.05) is 31.4 Å². The Morgan fingerprint density at radius 3 is 2.56 bits per heavy atom. The second-order valence-electron chi connectivity index (χ2n) is 7.92. The van der Waals surface area contributed by atoms with Crippen LogP contribution in [0.5, 0.6) is 0 Å². The van der Waals surface area contributed by atoms with E-state index >= 15 is 0 Å². The Kier molecular flexibility index (Phi) is 5.04. The van der Waals surface area contributed by atoms with Crippen LogP contribution in [0.15, 0.2) is 30.6 Å². The minimum absolute atomic E-state index is 0.401. The van der Waals surface area contributed by atoms with E-state index in [1.165, 1.54) is 37.6 Å². The van der Waals surface area contributed by atoms with Crippen molar-refractivity contribution >= 4 is 16.9 Å².